The van der Waals surface area contributed by atoms with Gasteiger partial charge in [0, 0.05) is 30.1 Å². The average molecular weight is 355 g/mol. The second-order valence-corrected chi connectivity index (χ2v) is 7.04. The Morgan fingerprint density at radius 2 is 2.12 bits per heavy atom. The summed E-state index contributed by atoms with van der Waals surface area (Å²) in [5.74, 6) is 1.00. The smallest absolute Gasteiger partial charge is 0.134 e. The van der Waals surface area contributed by atoms with Crippen LogP contribution in [0.5, 0.6) is 0 Å². The average Bonchev–Trinajstić information content (AvgIpc) is 3.36. The molecule has 1 fully saturated rings. The molecule has 4 rings (SSSR count). The fourth-order valence-corrected chi connectivity index (χ4v) is 3.87. The Kier molecular flexibility index (Phi) is 4.80. The van der Waals surface area contributed by atoms with Crippen LogP contribution in [0.1, 0.15) is 36.9 Å². The van der Waals surface area contributed by atoms with Gasteiger partial charge in [-0.15, -0.1) is 0 Å². The van der Waals surface area contributed by atoms with Gasteiger partial charge in [-0.1, -0.05) is 0 Å². The lowest BCUT2D eigenvalue weighted by Gasteiger charge is -2.19. The van der Waals surface area contributed by atoms with Crippen LogP contribution in [-0.2, 0) is 19.6 Å². The number of aliphatic hydroxyl groups excluding tert-OH is 2. The summed E-state index contributed by atoms with van der Waals surface area (Å²) in [6, 6.07) is 8.70. The molecule has 0 amide bonds. The van der Waals surface area contributed by atoms with Gasteiger partial charge in [0.15, 0.2) is 0 Å². The van der Waals surface area contributed by atoms with Crippen molar-refractivity contribution in [1.29, 1.82) is 0 Å². The molecular weight excluding hydrogens is 330 g/mol. The first-order valence-electron chi connectivity index (χ1n) is 9.23. The highest BCUT2D eigenvalue weighted by atomic mass is 16.3. The molecule has 26 heavy (non-hydrogen) atoms. The van der Waals surface area contributed by atoms with Crippen molar-refractivity contribution in [2.75, 3.05) is 13.1 Å². The third-order valence-corrected chi connectivity index (χ3v) is 5.42. The van der Waals surface area contributed by atoms with E-state index in [1.165, 1.54) is 19.4 Å². The van der Waals surface area contributed by atoms with Crippen molar-refractivity contribution in [3.8, 4) is 5.69 Å². The van der Waals surface area contributed by atoms with Crippen molar-refractivity contribution in [3.63, 3.8) is 0 Å². The molecule has 1 saturated heterocycles. The first-order valence-corrected chi connectivity index (χ1v) is 9.23. The van der Waals surface area contributed by atoms with E-state index in [0.717, 1.165) is 35.4 Å². The number of aliphatic hydroxyl groups is 2. The number of hydrogen-bond acceptors (Lipinski definition) is 5. The van der Waals surface area contributed by atoms with Crippen LogP contribution in [-0.4, -0.2) is 43.8 Å². The summed E-state index contributed by atoms with van der Waals surface area (Å²) in [6.07, 6.45) is 5.13. The molecule has 1 aliphatic rings. The van der Waals surface area contributed by atoms with E-state index >= 15 is 0 Å². The fourth-order valence-electron chi connectivity index (χ4n) is 3.87. The Morgan fingerprint density at radius 3 is 2.85 bits per heavy atom. The molecule has 1 aromatic carbocycles. The molecule has 2 aromatic heterocycles. The molecule has 1 aliphatic heterocycles. The van der Waals surface area contributed by atoms with Crippen molar-refractivity contribution < 1.29 is 14.6 Å². The van der Waals surface area contributed by atoms with E-state index in [0.29, 0.717) is 17.4 Å². The van der Waals surface area contributed by atoms with Gasteiger partial charge in [-0.3, -0.25) is 0 Å². The zero-order valence-electron chi connectivity index (χ0n) is 15.1. The second-order valence-electron chi connectivity index (χ2n) is 7.04. The molecule has 0 bridgehead atoms. The normalized spacial score (nSPS) is 18.2. The first kappa shape index (κ1) is 17.3. The molecule has 1 atom stereocenters. The largest absolute Gasteiger partial charge is 0.461 e. The number of furan rings is 1. The monoisotopic (exact) mass is 355 g/mol. The molecule has 6 nitrogen and oxygen atoms in total. The molecular formula is C20H25N3O3. The molecule has 3 aromatic rings. The summed E-state index contributed by atoms with van der Waals surface area (Å²) in [6.45, 7) is 4.16. The van der Waals surface area contributed by atoms with E-state index < -0.39 is 0 Å². The number of aromatic nitrogens is 2. The number of imidazole rings is 1. The van der Waals surface area contributed by atoms with E-state index in [1.807, 2.05) is 22.8 Å². The Bertz CT molecular complexity index is 899. The van der Waals surface area contributed by atoms with Crippen molar-refractivity contribution >= 4 is 11.0 Å². The number of rotatable bonds is 6. The van der Waals surface area contributed by atoms with Crippen LogP contribution >= 0.6 is 0 Å². The van der Waals surface area contributed by atoms with Crippen molar-refractivity contribution in [1.82, 2.24) is 14.5 Å². The number of likely N-dealkylation sites (tertiary alicyclic amines) is 1. The highest BCUT2D eigenvalue weighted by Gasteiger charge is 2.20. The minimum Gasteiger partial charge on any atom is -0.461 e. The van der Waals surface area contributed by atoms with Gasteiger partial charge in [0.1, 0.15) is 11.3 Å². The Labute approximate surface area is 152 Å². The topological polar surface area (TPSA) is 74.7 Å². The summed E-state index contributed by atoms with van der Waals surface area (Å²) in [5.41, 5.74) is 2.87. The van der Waals surface area contributed by atoms with Crippen molar-refractivity contribution in [2.45, 2.75) is 45.4 Å². The highest BCUT2D eigenvalue weighted by molar-refractivity contribution is 5.80. The minimum atomic E-state index is -0.185. The first-order chi connectivity index (χ1) is 12.7. The van der Waals surface area contributed by atoms with Crippen LogP contribution in [0.15, 0.2) is 35.0 Å². The molecule has 6 heteroatoms. The van der Waals surface area contributed by atoms with Crippen molar-refractivity contribution in [3.05, 3.63) is 47.7 Å². The molecule has 0 aliphatic carbocycles. The van der Waals surface area contributed by atoms with Gasteiger partial charge in [0.25, 0.3) is 0 Å². The van der Waals surface area contributed by atoms with Crippen molar-refractivity contribution in [2.24, 2.45) is 0 Å². The number of hydrogen-bond donors (Lipinski definition) is 2. The van der Waals surface area contributed by atoms with Crippen LogP contribution in [0.3, 0.4) is 0 Å². The van der Waals surface area contributed by atoms with E-state index in [-0.39, 0.29) is 13.2 Å². The lowest BCUT2D eigenvalue weighted by molar-refractivity contribution is 0.253. The predicted molar refractivity (Wildman–Crippen MR) is 99.2 cm³/mol. The van der Waals surface area contributed by atoms with E-state index in [2.05, 4.69) is 22.9 Å². The summed E-state index contributed by atoms with van der Waals surface area (Å²) in [7, 11) is 0. The van der Waals surface area contributed by atoms with Crippen LogP contribution in [0.2, 0.25) is 0 Å². The summed E-state index contributed by atoms with van der Waals surface area (Å²) in [5, 5.41) is 20.0. The standard InChI is InChI=1S/C20H25N3O3/c1-14-3-2-7-22(14)8-6-17-10-15-9-16(4-5-20(15)26-17)23-13-21-18(11-24)19(23)12-25/h4-5,9-10,13-14,24-25H,2-3,6-8,11-12H2,1H3/t14-/m1/s1. The van der Waals surface area contributed by atoms with Crippen LogP contribution in [0.4, 0.5) is 0 Å². The van der Waals surface area contributed by atoms with Gasteiger partial charge in [-0.25, -0.2) is 4.98 Å². The van der Waals surface area contributed by atoms with Crippen LogP contribution in [0, 0.1) is 0 Å². The fraction of sp³-hybridized carbons (Fsp3) is 0.450. The molecule has 2 N–H and O–H groups in total. The lowest BCUT2D eigenvalue weighted by atomic mass is 10.2. The minimum absolute atomic E-state index is 0.168. The molecule has 0 unspecified atom stereocenters. The molecule has 138 valence electrons. The third kappa shape index (κ3) is 3.16. The number of fused-ring (bicyclic) bond motifs is 1. The summed E-state index contributed by atoms with van der Waals surface area (Å²) >= 11 is 0. The Balaban J connectivity index is 1.57. The van der Waals surface area contributed by atoms with Gasteiger partial charge < -0.3 is 24.1 Å². The van der Waals surface area contributed by atoms with E-state index in [9.17, 15) is 10.2 Å². The maximum Gasteiger partial charge on any atom is 0.134 e. The van der Waals surface area contributed by atoms with Gasteiger partial charge in [0.05, 0.1) is 30.9 Å². The Hall–Kier alpha value is -2.15. The molecule has 0 spiro atoms. The summed E-state index contributed by atoms with van der Waals surface area (Å²) < 4.78 is 7.81. The predicted octanol–water partition coefficient (Wildman–Crippen LogP) is 2.63. The van der Waals surface area contributed by atoms with E-state index in [1.54, 1.807) is 6.33 Å². The summed E-state index contributed by atoms with van der Waals surface area (Å²) in [4.78, 5) is 6.69. The zero-order chi connectivity index (χ0) is 18.1. The van der Waals surface area contributed by atoms with E-state index in [4.69, 9.17) is 4.42 Å². The molecule has 0 saturated carbocycles. The maximum absolute atomic E-state index is 9.60. The third-order valence-electron chi connectivity index (χ3n) is 5.42. The molecule has 0 radical (unpaired) electrons. The maximum atomic E-state index is 9.60. The zero-order valence-corrected chi connectivity index (χ0v) is 15.1. The highest BCUT2D eigenvalue weighted by Crippen LogP contribution is 2.25. The van der Waals surface area contributed by atoms with Crippen LogP contribution in [0.25, 0.3) is 16.7 Å². The molecule has 3 heterocycles. The number of benzene rings is 1. The van der Waals surface area contributed by atoms with Crippen LogP contribution < -0.4 is 0 Å². The van der Waals surface area contributed by atoms with Gasteiger partial charge in [0.2, 0.25) is 0 Å². The van der Waals surface area contributed by atoms with Gasteiger partial charge >= 0.3 is 0 Å². The quantitative estimate of drug-likeness (QED) is 0.711. The number of nitrogens with zero attached hydrogens (tertiary/aromatic N) is 3. The Morgan fingerprint density at radius 1 is 1.23 bits per heavy atom. The second kappa shape index (κ2) is 7.23. The van der Waals surface area contributed by atoms with Gasteiger partial charge in [-0.05, 0) is 50.6 Å². The van der Waals surface area contributed by atoms with Gasteiger partial charge in [-0.2, -0.15) is 0 Å². The SMILES string of the molecule is C[C@@H]1CCCN1CCc1cc2cc(-n3cnc(CO)c3CO)ccc2o1. The lowest BCUT2D eigenvalue weighted by Crippen LogP contribution is -2.28.